The van der Waals surface area contributed by atoms with Gasteiger partial charge in [-0.15, -0.1) is 11.6 Å². The molecule has 0 radical (unpaired) electrons. The molecule has 2 heterocycles. The molecule has 2 unspecified atom stereocenters. The quantitative estimate of drug-likeness (QED) is 0.740. The van der Waals surface area contributed by atoms with E-state index in [-0.39, 0.29) is 18.1 Å². The highest BCUT2D eigenvalue weighted by Crippen LogP contribution is 2.15. The van der Waals surface area contributed by atoms with Crippen LogP contribution in [0.15, 0.2) is 12.5 Å². The van der Waals surface area contributed by atoms with E-state index in [1.165, 1.54) is 0 Å². The van der Waals surface area contributed by atoms with Gasteiger partial charge in [0.1, 0.15) is 5.69 Å². The van der Waals surface area contributed by atoms with Gasteiger partial charge in [-0.3, -0.25) is 4.79 Å². The maximum absolute atomic E-state index is 12.3. The lowest BCUT2D eigenvalue weighted by atomic mass is 10.2. The number of halogens is 1. The Balaban J connectivity index is 2.11. The number of aryl methyl sites for hydroxylation is 1. The van der Waals surface area contributed by atoms with Gasteiger partial charge in [-0.2, -0.15) is 0 Å². The number of rotatable bonds is 2. The lowest BCUT2D eigenvalue weighted by Crippen LogP contribution is -2.50. The van der Waals surface area contributed by atoms with E-state index in [0.717, 1.165) is 0 Å². The first kappa shape index (κ1) is 12.4. The zero-order valence-electron chi connectivity index (χ0n) is 9.97. The Morgan fingerprint density at radius 1 is 1.65 bits per heavy atom. The molecule has 1 aliphatic heterocycles. The average Bonchev–Trinajstić information content (AvgIpc) is 2.73. The zero-order valence-corrected chi connectivity index (χ0v) is 10.7. The minimum atomic E-state index is -0.0856. The van der Waals surface area contributed by atoms with E-state index in [2.05, 4.69) is 4.98 Å². The number of hydrogen-bond donors (Lipinski definition) is 0. The van der Waals surface area contributed by atoms with Gasteiger partial charge in [-0.1, -0.05) is 0 Å². The number of carbonyl (C=O) groups is 1. The third kappa shape index (κ3) is 2.61. The van der Waals surface area contributed by atoms with Gasteiger partial charge in [0.25, 0.3) is 5.91 Å². The second kappa shape index (κ2) is 5.06. The summed E-state index contributed by atoms with van der Waals surface area (Å²) in [6.45, 7) is 3.08. The molecule has 0 spiro atoms. The average molecular weight is 258 g/mol. The summed E-state index contributed by atoms with van der Waals surface area (Å²) in [7, 11) is 1.81. The van der Waals surface area contributed by atoms with Crippen LogP contribution < -0.4 is 0 Å². The number of alkyl halides is 1. The second-order valence-electron chi connectivity index (χ2n) is 4.32. The van der Waals surface area contributed by atoms with E-state index in [0.29, 0.717) is 24.7 Å². The number of imidazole rings is 1. The Bertz CT molecular complexity index is 407. The first-order valence-corrected chi connectivity index (χ1v) is 6.12. The van der Waals surface area contributed by atoms with Crippen molar-refractivity contribution in [1.82, 2.24) is 14.5 Å². The molecule has 0 N–H and O–H groups in total. The van der Waals surface area contributed by atoms with Gasteiger partial charge < -0.3 is 14.2 Å². The maximum Gasteiger partial charge on any atom is 0.272 e. The highest BCUT2D eigenvalue weighted by Gasteiger charge is 2.29. The molecule has 17 heavy (non-hydrogen) atoms. The highest BCUT2D eigenvalue weighted by molar-refractivity contribution is 6.18. The molecule has 1 aliphatic rings. The fraction of sp³-hybridized carbons (Fsp3) is 0.636. The van der Waals surface area contributed by atoms with Crippen LogP contribution >= 0.6 is 11.6 Å². The number of carbonyl (C=O) groups excluding carboxylic acids is 1. The Hall–Kier alpha value is -1.07. The predicted octanol–water partition coefficient (Wildman–Crippen LogP) is 0.888. The Morgan fingerprint density at radius 3 is 3.00 bits per heavy atom. The van der Waals surface area contributed by atoms with Crippen LogP contribution in [0.4, 0.5) is 0 Å². The minimum Gasteiger partial charge on any atom is -0.370 e. The summed E-state index contributed by atoms with van der Waals surface area (Å²) in [6, 6.07) is 0. The summed E-state index contributed by atoms with van der Waals surface area (Å²) in [4.78, 5) is 18.0. The van der Waals surface area contributed by atoms with Crippen molar-refractivity contribution in [2.75, 3.05) is 19.0 Å². The van der Waals surface area contributed by atoms with Crippen LogP contribution in [0, 0.1) is 0 Å². The van der Waals surface area contributed by atoms with Crippen LogP contribution in [0.1, 0.15) is 17.4 Å². The van der Waals surface area contributed by atoms with Gasteiger partial charge in [-0.25, -0.2) is 4.98 Å². The maximum atomic E-state index is 12.3. The first-order valence-electron chi connectivity index (χ1n) is 5.59. The molecule has 0 aromatic carbocycles. The minimum absolute atomic E-state index is 0.0182. The highest BCUT2D eigenvalue weighted by atomic mass is 35.5. The molecule has 0 bridgehead atoms. The monoisotopic (exact) mass is 257 g/mol. The largest absolute Gasteiger partial charge is 0.370 e. The van der Waals surface area contributed by atoms with E-state index in [1.54, 1.807) is 22.0 Å². The van der Waals surface area contributed by atoms with E-state index in [9.17, 15) is 4.79 Å². The molecule has 1 amide bonds. The van der Waals surface area contributed by atoms with E-state index < -0.39 is 0 Å². The molecule has 0 aliphatic carbocycles. The van der Waals surface area contributed by atoms with Crippen molar-refractivity contribution in [2.45, 2.75) is 19.1 Å². The fourth-order valence-electron chi connectivity index (χ4n) is 2.02. The Morgan fingerprint density at radius 2 is 2.41 bits per heavy atom. The summed E-state index contributed by atoms with van der Waals surface area (Å²) in [6.07, 6.45) is 3.14. The summed E-state index contributed by atoms with van der Waals surface area (Å²) < 4.78 is 7.34. The van der Waals surface area contributed by atoms with Crippen LogP contribution in [-0.2, 0) is 11.8 Å². The van der Waals surface area contributed by atoms with Gasteiger partial charge in [0, 0.05) is 20.1 Å². The van der Waals surface area contributed by atoms with E-state index >= 15 is 0 Å². The molecule has 2 rings (SSSR count). The van der Waals surface area contributed by atoms with Gasteiger partial charge >= 0.3 is 0 Å². The number of morpholine rings is 1. The molecular formula is C11H16ClN3O2. The predicted molar refractivity (Wildman–Crippen MR) is 64.2 cm³/mol. The third-order valence-electron chi connectivity index (χ3n) is 2.82. The summed E-state index contributed by atoms with van der Waals surface area (Å²) in [5.74, 6) is 0.384. The van der Waals surface area contributed by atoms with Gasteiger partial charge in [0.15, 0.2) is 0 Å². The zero-order chi connectivity index (χ0) is 12.4. The molecule has 6 heteroatoms. The van der Waals surface area contributed by atoms with Crippen molar-refractivity contribution in [3.05, 3.63) is 18.2 Å². The molecule has 5 nitrogen and oxygen atoms in total. The van der Waals surface area contributed by atoms with Crippen molar-refractivity contribution in [3.63, 3.8) is 0 Å². The molecular weight excluding hydrogens is 242 g/mol. The SMILES string of the molecule is CC1CN(C(=O)c2cncn2C)CC(CCl)O1. The summed E-state index contributed by atoms with van der Waals surface area (Å²) >= 11 is 5.79. The number of amides is 1. The topological polar surface area (TPSA) is 47.4 Å². The third-order valence-corrected chi connectivity index (χ3v) is 3.17. The van der Waals surface area contributed by atoms with Crippen molar-refractivity contribution in [3.8, 4) is 0 Å². The van der Waals surface area contributed by atoms with Gasteiger partial charge in [0.2, 0.25) is 0 Å². The number of ether oxygens (including phenoxy) is 1. The first-order chi connectivity index (χ1) is 8.11. The lowest BCUT2D eigenvalue weighted by Gasteiger charge is -2.36. The molecule has 1 aromatic rings. The molecule has 1 saturated heterocycles. The molecule has 2 atom stereocenters. The number of nitrogens with zero attached hydrogens (tertiary/aromatic N) is 3. The normalized spacial score (nSPS) is 25.0. The van der Waals surface area contributed by atoms with Crippen LogP contribution in [0.2, 0.25) is 0 Å². The van der Waals surface area contributed by atoms with Crippen LogP contribution in [0.25, 0.3) is 0 Å². The molecule has 1 fully saturated rings. The Kier molecular flexibility index (Phi) is 3.69. The summed E-state index contributed by atoms with van der Waals surface area (Å²) in [5, 5.41) is 0. The van der Waals surface area contributed by atoms with E-state index in [4.69, 9.17) is 16.3 Å². The van der Waals surface area contributed by atoms with Gasteiger partial charge in [0.05, 0.1) is 30.6 Å². The van der Waals surface area contributed by atoms with Crippen LogP contribution in [0.3, 0.4) is 0 Å². The standard InChI is InChI=1S/C11H16ClN3O2/c1-8-5-15(6-9(3-12)17-8)11(16)10-4-13-7-14(10)2/h4,7-9H,3,5-6H2,1-2H3. The van der Waals surface area contributed by atoms with Gasteiger partial charge in [-0.05, 0) is 6.92 Å². The molecule has 1 aromatic heterocycles. The van der Waals surface area contributed by atoms with Crippen molar-refractivity contribution in [2.24, 2.45) is 7.05 Å². The lowest BCUT2D eigenvalue weighted by molar-refractivity contribution is -0.0572. The Labute approximate surface area is 105 Å². The smallest absolute Gasteiger partial charge is 0.272 e. The van der Waals surface area contributed by atoms with E-state index in [1.807, 2.05) is 14.0 Å². The molecule has 94 valence electrons. The van der Waals surface area contributed by atoms with Crippen LogP contribution in [0.5, 0.6) is 0 Å². The number of hydrogen-bond acceptors (Lipinski definition) is 3. The molecule has 0 saturated carbocycles. The fourth-order valence-corrected chi connectivity index (χ4v) is 2.19. The van der Waals surface area contributed by atoms with Crippen molar-refractivity contribution < 1.29 is 9.53 Å². The van der Waals surface area contributed by atoms with Crippen molar-refractivity contribution >= 4 is 17.5 Å². The summed E-state index contributed by atoms with van der Waals surface area (Å²) in [5.41, 5.74) is 0.590. The van der Waals surface area contributed by atoms with Crippen LogP contribution in [-0.4, -0.2) is 51.5 Å². The van der Waals surface area contributed by atoms with Crippen molar-refractivity contribution in [1.29, 1.82) is 0 Å². The number of aromatic nitrogens is 2. The second-order valence-corrected chi connectivity index (χ2v) is 4.63.